The van der Waals surface area contributed by atoms with Gasteiger partial charge in [0.15, 0.2) is 0 Å². The number of nitrogens with two attached hydrogens (primary N) is 1. The van der Waals surface area contributed by atoms with E-state index in [2.05, 4.69) is 0 Å². The van der Waals surface area contributed by atoms with Crippen LogP contribution in [0, 0.1) is 6.92 Å². The standard InChI is InChI=1S/C9H11ClF2N2O2S/c1-5-2-6(3-7(13)9(5)10)17(15,16)14-4-8(11)12/h2-3,8,14H,4,13H2,1H3. The van der Waals surface area contributed by atoms with Crippen LogP contribution in [-0.4, -0.2) is 21.4 Å². The first kappa shape index (κ1) is 14.1. The second kappa shape index (κ2) is 5.16. The van der Waals surface area contributed by atoms with Crippen molar-refractivity contribution in [3.05, 3.63) is 22.7 Å². The molecule has 1 aromatic rings. The maximum absolute atomic E-state index is 11.9. The van der Waals surface area contributed by atoms with Gasteiger partial charge in [-0.2, -0.15) is 0 Å². The fourth-order valence-corrected chi connectivity index (χ4v) is 2.41. The second-order valence-electron chi connectivity index (χ2n) is 3.39. The molecule has 0 atom stereocenters. The first-order valence-electron chi connectivity index (χ1n) is 4.57. The molecular weight excluding hydrogens is 274 g/mol. The number of hydrogen-bond acceptors (Lipinski definition) is 3. The molecule has 0 aliphatic heterocycles. The van der Waals surface area contributed by atoms with Gasteiger partial charge in [-0.25, -0.2) is 21.9 Å². The Hall–Kier alpha value is -0.920. The molecule has 0 fully saturated rings. The van der Waals surface area contributed by atoms with Gasteiger partial charge in [-0.1, -0.05) is 11.6 Å². The van der Waals surface area contributed by atoms with Gasteiger partial charge in [0.1, 0.15) is 0 Å². The monoisotopic (exact) mass is 284 g/mol. The summed E-state index contributed by atoms with van der Waals surface area (Å²) in [6.07, 6.45) is -2.75. The number of nitrogens with one attached hydrogen (secondary N) is 1. The van der Waals surface area contributed by atoms with Crippen molar-refractivity contribution in [3.63, 3.8) is 0 Å². The number of hydrogen-bond donors (Lipinski definition) is 2. The summed E-state index contributed by atoms with van der Waals surface area (Å²) in [6, 6.07) is 2.40. The Bertz CT molecular complexity index is 497. The van der Waals surface area contributed by atoms with Crippen molar-refractivity contribution >= 4 is 27.3 Å². The van der Waals surface area contributed by atoms with Crippen molar-refractivity contribution < 1.29 is 17.2 Å². The largest absolute Gasteiger partial charge is 0.397 e. The highest BCUT2D eigenvalue weighted by molar-refractivity contribution is 7.89. The van der Waals surface area contributed by atoms with Gasteiger partial charge in [0.25, 0.3) is 6.43 Å². The van der Waals surface area contributed by atoms with E-state index >= 15 is 0 Å². The van der Waals surface area contributed by atoms with Crippen LogP contribution in [0.1, 0.15) is 5.56 Å². The van der Waals surface area contributed by atoms with E-state index in [1.807, 2.05) is 0 Å². The third-order valence-corrected chi connectivity index (χ3v) is 3.91. The molecule has 0 saturated heterocycles. The van der Waals surface area contributed by atoms with Gasteiger partial charge in [-0.3, -0.25) is 0 Å². The quantitative estimate of drug-likeness (QED) is 0.828. The van der Waals surface area contributed by atoms with Crippen LogP contribution >= 0.6 is 11.6 Å². The van der Waals surface area contributed by atoms with Crippen molar-refractivity contribution in [2.24, 2.45) is 0 Å². The number of benzene rings is 1. The summed E-state index contributed by atoms with van der Waals surface area (Å²) in [5, 5.41) is 0.248. The molecular formula is C9H11ClF2N2O2S. The molecule has 0 saturated carbocycles. The molecule has 0 aliphatic carbocycles. The zero-order chi connectivity index (χ0) is 13.2. The Morgan fingerprint density at radius 2 is 2.06 bits per heavy atom. The predicted molar refractivity (Wildman–Crippen MR) is 61.8 cm³/mol. The molecule has 4 nitrogen and oxygen atoms in total. The van der Waals surface area contributed by atoms with Crippen molar-refractivity contribution in [1.29, 1.82) is 0 Å². The molecule has 8 heteroatoms. The molecule has 0 radical (unpaired) electrons. The van der Waals surface area contributed by atoms with Gasteiger partial charge in [0.05, 0.1) is 22.2 Å². The van der Waals surface area contributed by atoms with E-state index in [4.69, 9.17) is 17.3 Å². The molecule has 1 aromatic carbocycles. The Morgan fingerprint density at radius 3 is 2.53 bits per heavy atom. The summed E-state index contributed by atoms with van der Waals surface area (Å²) in [5.41, 5.74) is 6.05. The Labute approximate surface area is 103 Å². The van der Waals surface area contributed by atoms with E-state index in [1.54, 1.807) is 11.6 Å². The van der Waals surface area contributed by atoms with Crippen LogP contribution in [-0.2, 0) is 10.0 Å². The van der Waals surface area contributed by atoms with Crippen LogP contribution in [0.2, 0.25) is 5.02 Å². The Balaban J connectivity index is 3.08. The minimum atomic E-state index is -3.99. The fraction of sp³-hybridized carbons (Fsp3) is 0.333. The third-order valence-electron chi connectivity index (χ3n) is 1.99. The molecule has 0 bridgehead atoms. The van der Waals surface area contributed by atoms with E-state index in [0.717, 1.165) is 6.07 Å². The summed E-state index contributed by atoms with van der Waals surface area (Å²) >= 11 is 5.77. The van der Waals surface area contributed by atoms with Crippen LogP contribution in [0.4, 0.5) is 14.5 Å². The zero-order valence-electron chi connectivity index (χ0n) is 8.88. The number of anilines is 1. The number of rotatable bonds is 4. The van der Waals surface area contributed by atoms with Gasteiger partial charge in [-0.15, -0.1) is 0 Å². The van der Waals surface area contributed by atoms with E-state index in [-0.39, 0.29) is 15.6 Å². The third kappa shape index (κ3) is 3.52. The lowest BCUT2D eigenvalue weighted by atomic mass is 10.2. The van der Waals surface area contributed by atoms with Crippen LogP contribution in [0.3, 0.4) is 0 Å². The van der Waals surface area contributed by atoms with Crippen LogP contribution in [0.25, 0.3) is 0 Å². The van der Waals surface area contributed by atoms with E-state index in [1.165, 1.54) is 6.07 Å². The minimum absolute atomic E-state index is 0.0871. The fourth-order valence-electron chi connectivity index (χ4n) is 1.17. The molecule has 0 heterocycles. The summed E-state index contributed by atoms with van der Waals surface area (Å²) in [6.45, 7) is 0.634. The summed E-state index contributed by atoms with van der Waals surface area (Å²) in [7, 11) is -3.99. The average Bonchev–Trinajstić information content (AvgIpc) is 2.22. The van der Waals surface area contributed by atoms with Crippen molar-refractivity contribution in [3.8, 4) is 0 Å². The number of halogens is 3. The summed E-state index contributed by atoms with van der Waals surface area (Å²) in [5.74, 6) is 0. The van der Waals surface area contributed by atoms with E-state index in [9.17, 15) is 17.2 Å². The van der Waals surface area contributed by atoms with Crippen molar-refractivity contribution in [2.75, 3.05) is 12.3 Å². The molecule has 17 heavy (non-hydrogen) atoms. The molecule has 0 amide bonds. The number of aryl methyl sites for hydroxylation is 1. The highest BCUT2D eigenvalue weighted by Crippen LogP contribution is 2.26. The maximum atomic E-state index is 11.9. The normalized spacial score (nSPS) is 12.1. The van der Waals surface area contributed by atoms with Crippen LogP contribution < -0.4 is 10.5 Å². The van der Waals surface area contributed by atoms with Crippen LogP contribution in [0.5, 0.6) is 0 Å². The lowest BCUT2D eigenvalue weighted by Gasteiger charge is -2.09. The Morgan fingerprint density at radius 1 is 1.47 bits per heavy atom. The van der Waals surface area contributed by atoms with Gasteiger partial charge >= 0.3 is 0 Å². The molecule has 0 unspecified atom stereocenters. The number of alkyl halides is 2. The second-order valence-corrected chi connectivity index (χ2v) is 5.53. The smallest absolute Gasteiger partial charge is 0.251 e. The lowest BCUT2D eigenvalue weighted by molar-refractivity contribution is 0.153. The van der Waals surface area contributed by atoms with Gasteiger partial charge in [-0.05, 0) is 24.6 Å². The van der Waals surface area contributed by atoms with E-state index < -0.39 is 23.0 Å². The molecule has 96 valence electrons. The Kier molecular flexibility index (Phi) is 4.29. The summed E-state index contributed by atoms with van der Waals surface area (Å²) < 4.78 is 48.9. The van der Waals surface area contributed by atoms with Gasteiger partial charge in [0, 0.05) is 0 Å². The molecule has 1 rings (SSSR count). The van der Waals surface area contributed by atoms with Crippen molar-refractivity contribution in [1.82, 2.24) is 4.72 Å². The average molecular weight is 285 g/mol. The molecule has 0 aliphatic rings. The number of sulfonamides is 1. The lowest BCUT2D eigenvalue weighted by Crippen LogP contribution is -2.28. The highest BCUT2D eigenvalue weighted by Gasteiger charge is 2.18. The maximum Gasteiger partial charge on any atom is 0.251 e. The SMILES string of the molecule is Cc1cc(S(=O)(=O)NCC(F)F)cc(N)c1Cl. The summed E-state index contributed by atoms with van der Waals surface area (Å²) in [4.78, 5) is -0.183. The molecule has 0 spiro atoms. The van der Waals surface area contributed by atoms with Crippen molar-refractivity contribution in [2.45, 2.75) is 18.2 Å². The van der Waals surface area contributed by atoms with Gasteiger partial charge < -0.3 is 5.73 Å². The predicted octanol–water partition coefficient (Wildman–Crippen LogP) is 1.77. The topological polar surface area (TPSA) is 72.2 Å². The highest BCUT2D eigenvalue weighted by atomic mass is 35.5. The van der Waals surface area contributed by atoms with Gasteiger partial charge in [0.2, 0.25) is 10.0 Å². The molecule has 3 N–H and O–H groups in total. The van der Waals surface area contributed by atoms with Crippen LogP contribution in [0.15, 0.2) is 17.0 Å². The minimum Gasteiger partial charge on any atom is -0.397 e. The first-order valence-corrected chi connectivity index (χ1v) is 6.43. The first-order chi connectivity index (χ1) is 7.74. The zero-order valence-corrected chi connectivity index (χ0v) is 10.4. The number of nitrogen functional groups attached to an aromatic ring is 1. The molecule has 0 aromatic heterocycles. The van der Waals surface area contributed by atoms with E-state index in [0.29, 0.717) is 5.56 Å².